The first kappa shape index (κ1) is 13.6. The maximum absolute atomic E-state index is 12.3. The van der Waals surface area contributed by atoms with Gasteiger partial charge in [-0.05, 0) is 24.8 Å². The lowest BCUT2D eigenvalue weighted by molar-refractivity contribution is -0.137. The third-order valence-corrected chi connectivity index (χ3v) is 3.49. The van der Waals surface area contributed by atoms with E-state index in [0.29, 0.717) is 12.2 Å². The number of likely N-dealkylation sites (tertiary alicyclic amines) is 1. The fourth-order valence-corrected chi connectivity index (χ4v) is 2.41. The molecule has 1 atom stereocenters. The zero-order valence-corrected chi connectivity index (χ0v) is 11.2. The molecule has 19 heavy (non-hydrogen) atoms. The predicted molar refractivity (Wildman–Crippen MR) is 69.0 cm³/mol. The van der Waals surface area contributed by atoms with Gasteiger partial charge >= 0.3 is 5.97 Å². The van der Waals surface area contributed by atoms with E-state index in [1.807, 2.05) is 13.8 Å². The van der Waals surface area contributed by atoms with Crippen molar-refractivity contribution in [1.82, 2.24) is 15.1 Å². The molecule has 6 nitrogen and oxygen atoms in total. The number of amides is 1. The van der Waals surface area contributed by atoms with Gasteiger partial charge in [0.25, 0.3) is 5.91 Å². The Morgan fingerprint density at radius 2 is 2.32 bits per heavy atom. The highest BCUT2D eigenvalue weighted by Gasteiger charge is 2.32. The number of carboxylic acids is 1. The zero-order chi connectivity index (χ0) is 14.0. The summed E-state index contributed by atoms with van der Waals surface area (Å²) < 4.78 is 0. The standard InChI is InChI=1S/C13H19N3O3/c1-8(2)10-7-11(15-14-10)13(19)16-5-3-4-9(16)6-12(17)18/h7-9H,3-6H2,1-2H3,(H,14,15)(H,17,18). The maximum atomic E-state index is 12.3. The van der Waals surface area contributed by atoms with Crippen molar-refractivity contribution in [2.45, 2.75) is 45.1 Å². The average molecular weight is 265 g/mol. The number of aromatic nitrogens is 2. The Balaban J connectivity index is 2.11. The molecule has 6 heteroatoms. The van der Waals surface area contributed by atoms with Crippen LogP contribution in [0.2, 0.25) is 0 Å². The Hall–Kier alpha value is -1.85. The fourth-order valence-electron chi connectivity index (χ4n) is 2.41. The van der Waals surface area contributed by atoms with E-state index in [4.69, 9.17) is 5.11 Å². The molecule has 0 radical (unpaired) electrons. The molecule has 104 valence electrons. The predicted octanol–water partition coefficient (Wildman–Crippen LogP) is 1.61. The van der Waals surface area contributed by atoms with Gasteiger partial charge in [-0.1, -0.05) is 13.8 Å². The fraction of sp³-hybridized carbons (Fsp3) is 0.615. The van der Waals surface area contributed by atoms with Gasteiger partial charge < -0.3 is 10.0 Å². The Bertz CT molecular complexity index is 481. The summed E-state index contributed by atoms with van der Waals surface area (Å²) in [4.78, 5) is 24.8. The van der Waals surface area contributed by atoms with Gasteiger partial charge in [-0.3, -0.25) is 14.7 Å². The summed E-state index contributed by atoms with van der Waals surface area (Å²) in [5.74, 6) is -0.760. The molecule has 1 aromatic rings. The number of aromatic amines is 1. The summed E-state index contributed by atoms with van der Waals surface area (Å²) in [7, 11) is 0. The molecule has 1 unspecified atom stereocenters. The maximum Gasteiger partial charge on any atom is 0.305 e. The monoisotopic (exact) mass is 265 g/mol. The summed E-state index contributed by atoms with van der Waals surface area (Å²) in [5.41, 5.74) is 1.29. The van der Waals surface area contributed by atoms with Crippen LogP contribution in [-0.4, -0.2) is 44.7 Å². The van der Waals surface area contributed by atoms with Crippen molar-refractivity contribution < 1.29 is 14.7 Å². The van der Waals surface area contributed by atoms with Gasteiger partial charge in [0.15, 0.2) is 0 Å². The van der Waals surface area contributed by atoms with Crippen LogP contribution in [0.4, 0.5) is 0 Å². The normalized spacial score (nSPS) is 19.1. The Labute approximate surface area is 111 Å². The summed E-state index contributed by atoms with van der Waals surface area (Å²) >= 11 is 0. The second-order valence-corrected chi connectivity index (χ2v) is 5.26. The molecular formula is C13H19N3O3. The first-order valence-corrected chi connectivity index (χ1v) is 6.57. The molecule has 0 aromatic carbocycles. The molecule has 2 rings (SSSR count). The number of hydrogen-bond donors (Lipinski definition) is 2. The Kier molecular flexibility index (Phi) is 3.87. The van der Waals surface area contributed by atoms with Crippen molar-refractivity contribution in [2.75, 3.05) is 6.54 Å². The van der Waals surface area contributed by atoms with Crippen LogP contribution >= 0.6 is 0 Å². The van der Waals surface area contributed by atoms with Crippen molar-refractivity contribution in [3.05, 3.63) is 17.5 Å². The van der Waals surface area contributed by atoms with Crippen LogP contribution in [0.5, 0.6) is 0 Å². The number of rotatable bonds is 4. The Morgan fingerprint density at radius 1 is 1.58 bits per heavy atom. The van der Waals surface area contributed by atoms with E-state index in [2.05, 4.69) is 10.2 Å². The number of carboxylic acid groups (broad SMARTS) is 1. The van der Waals surface area contributed by atoms with Crippen molar-refractivity contribution in [2.24, 2.45) is 0 Å². The second kappa shape index (κ2) is 5.42. The third kappa shape index (κ3) is 2.94. The molecule has 2 N–H and O–H groups in total. The molecule has 1 fully saturated rings. The van der Waals surface area contributed by atoms with Gasteiger partial charge in [-0.25, -0.2) is 0 Å². The summed E-state index contributed by atoms with van der Waals surface area (Å²) in [6, 6.07) is 1.55. The number of nitrogens with one attached hydrogen (secondary N) is 1. The topological polar surface area (TPSA) is 86.3 Å². The number of carbonyl (C=O) groups excluding carboxylic acids is 1. The quantitative estimate of drug-likeness (QED) is 0.866. The third-order valence-electron chi connectivity index (χ3n) is 3.49. The molecular weight excluding hydrogens is 246 g/mol. The van der Waals surface area contributed by atoms with Crippen LogP contribution in [0.15, 0.2) is 6.07 Å². The van der Waals surface area contributed by atoms with Crippen molar-refractivity contribution in [3.63, 3.8) is 0 Å². The summed E-state index contributed by atoms with van der Waals surface area (Å²) in [6.45, 7) is 4.65. The van der Waals surface area contributed by atoms with Crippen molar-refractivity contribution in [1.29, 1.82) is 0 Å². The lowest BCUT2D eigenvalue weighted by Crippen LogP contribution is -2.37. The number of aliphatic carboxylic acids is 1. The van der Waals surface area contributed by atoms with E-state index >= 15 is 0 Å². The van der Waals surface area contributed by atoms with Crippen LogP contribution in [-0.2, 0) is 4.79 Å². The highest BCUT2D eigenvalue weighted by atomic mass is 16.4. The SMILES string of the molecule is CC(C)c1cc(C(=O)N2CCCC2CC(=O)O)n[nH]1. The largest absolute Gasteiger partial charge is 0.481 e. The van der Waals surface area contributed by atoms with Gasteiger partial charge in [0.05, 0.1) is 6.42 Å². The van der Waals surface area contributed by atoms with Gasteiger partial charge in [-0.2, -0.15) is 5.10 Å². The van der Waals surface area contributed by atoms with Gasteiger partial charge in [-0.15, -0.1) is 0 Å². The van der Waals surface area contributed by atoms with E-state index in [9.17, 15) is 9.59 Å². The Morgan fingerprint density at radius 3 is 2.89 bits per heavy atom. The van der Waals surface area contributed by atoms with E-state index in [0.717, 1.165) is 18.5 Å². The molecule has 1 amide bonds. The number of carbonyl (C=O) groups is 2. The molecule has 1 aliphatic rings. The summed E-state index contributed by atoms with van der Waals surface area (Å²) in [6.07, 6.45) is 1.61. The van der Waals surface area contributed by atoms with Crippen LogP contribution in [0.25, 0.3) is 0 Å². The molecule has 0 spiro atoms. The molecule has 0 bridgehead atoms. The zero-order valence-electron chi connectivity index (χ0n) is 11.2. The van der Waals surface area contributed by atoms with Gasteiger partial charge in [0, 0.05) is 18.3 Å². The van der Waals surface area contributed by atoms with Crippen molar-refractivity contribution in [3.8, 4) is 0 Å². The smallest absolute Gasteiger partial charge is 0.305 e. The molecule has 0 saturated carbocycles. The first-order valence-electron chi connectivity index (χ1n) is 6.57. The average Bonchev–Trinajstić information content (AvgIpc) is 2.95. The van der Waals surface area contributed by atoms with E-state index in [-0.39, 0.29) is 24.3 Å². The molecule has 1 saturated heterocycles. The minimum atomic E-state index is -0.866. The van der Waals surface area contributed by atoms with Crippen LogP contribution in [0, 0.1) is 0 Å². The minimum absolute atomic E-state index is 0.00714. The van der Waals surface area contributed by atoms with E-state index in [1.54, 1.807) is 11.0 Å². The molecule has 2 heterocycles. The summed E-state index contributed by atoms with van der Waals surface area (Å²) in [5, 5.41) is 15.7. The van der Waals surface area contributed by atoms with Crippen LogP contribution in [0.3, 0.4) is 0 Å². The number of nitrogens with zero attached hydrogens (tertiary/aromatic N) is 2. The van der Waals surface area contributed by atoms with Crippen molar-refractivity contribution >= 4 is 11.9 Å². The van der Waals surface area contributed by atoms with Crippen LogP contribution < -0.4 is 0 Å². The molecule has 1 aliphatic heterocycles. The highest BCUT2D eigenvalue weighted by molar-refractivity contribution is 5.93. The number of hydrogen-bond acceptors (Lipinski definition) is 3. The van der Waals surface area contributed by atoms with Gasteiger partial charge in [0.2, 0.25) is 0 Å². The lowest BCUT2D eigenvalue weighted by atomic mass is 10.1. The lowest BCUT2D eigenvalue weighted by Gasteiger charge is -2.22. The second-order valence-electron chi connectivity index (χ2n) is 5.26. The minimum Gasteiger partial charge on any atom is -0.481 e. The highest BCUT2D eigenvalue weighted by Crippen LogP contribution is 2.23. The molecule has 0 aliphatic carbocycles. The molecule has 1 aromatic heterocycles. The first-order chi connectivity index (χ1) is 8.99. The van der Waals surface area contributed by atoms with E-state index in [1.165, 1.54) is 0 Å². The van der Waals surface area contributed by atoms with Gasteiger partial charge in [0.1, 0.15) is 5.69 Å². The number of H-pyrrole nitrogens is 1. The van der Waals surface area contributed by atoms with E-state index < -0.39 is 5.97 Å². The van der Waals surface area contributed by atoms with Crippen LogP contribution in [0.1, 0.15) is 55.2 Å².